The third-order valence-electron chi connectivity index (χ3n) is 2.41. The lowest BCUT2D eigenvalue weighted by molar-refractivity contribution is 0.249. The average molecular weight is 236 g/mol. The third-order valence-corrected chi connectivity index (χ3v) is 2.41. The summed E-state index contributed by atoms with van der Waals surface area (Å²) in [5.41, 5.74) is 0.759. The van der Waals surface area contributed by atoms with Gasteiger partial charge in [-0.15, -0.1) is 0 Å². The van der Waals surface area contributed by atoms with E-state index in [1.54, 1.807) is 0 Å². The van der Waals surface area contributed by atoms with E-state index >= 15 is 0 Å². The van der Waals surface area contributed by atoms with Crippen molar-refractivity contribution >= 4 is 11.7 Å². The van der Waals surface area contributed by atoms with Crippen molar-refractivity contribution in [3.05, 3.63) is 24.3 Å². The number of hydrogen-bond donors (Lipinski definition) is 2. The Morgan fingerprint density at radius 3 is 2.47 bits per heavy atom. The van der Waals surface area contributed by atoms with Gasteiger partial charge in [-0.1, -0.05) is 6.92 Å². The smallest absolute Gasteiger partial charge is 0.319 e. The van der Waals surface area contributed by atoms with Gasteiger partial charge in [0.05, 0.1) is 6.61 Å². The number of urea groups is 1. The van der Waals surface area contributed by atoms with Crippen LogP contribution in [-0.2, 0) is 0 Å². The zero-order valence-electron chi connectivity index (χ0n) is 10.6. The van der Waals surface area contributed by atoms with Crippen LogP contribution in [0.5, 0.6) is 5.75 Å². The number of ether oxygens (including phenoxy) is 1. The highest BCUT2D eigenvalue weighted by molar-refractivity contribution is 5.89. The summed E-state index contributed by atoms with van der Waals surface area (Å²) in [7, 11) is 0. The number of carbonyl (C=O) groups is 1. The lowest BCUT2D eigenvalue weighted by Gasteiger charge is -2.12. The summed E-state index contributed by atoms with van der Waals surface area (Å²) >= 11 is 0. The Morgan fingerprint density at radius 1 is 1.29 bits per heavy atom. The Balaban J connectivity index is 2.48. The first-order valence-corrected chi connectivity index (χ1v) is 5.96. The molecular formula is C13H20N2O2. The number of nitrogens with one attached hydrogen (secondary N) is 2. The van der Waals surface area contributed by atoms with Crippen LogP contribution < -0.4 is 15.4 Å². The van der Waals surface area contributed by atoms with Crippen LogP contribution >= 0.6 is 0 Å². The van der Waals surface area contributed by atoms with Crippen molar-refractivity contribution in [3.63, 3.8) is 0 Å². The van der Waals surface area contributed by atoms with E-state index in [2.05, 4.69) is 10.6 Å². The lowest BCUT2D eigenvalue weighted by atomic mass is 10.3. The molecule has 1 aromatic rings. The fourth-order valence-electron chi connectivity index (χ4n) is 1.29. The van der Waals surface area contributed by atoms with Crippen LogP contribution in [0, 0.1) is 0 Å². The quantitative estimate of drug-likeness (QED) is 0.825. The zero-order chi connectivity index (χ0) is 12.7. The second kappa shape index (κ2) is 6.78. The molecule has 2 N–H and O–H groups in total. The molecule has 0 heterocycles. The Morgan fingerprint density at radius 2 is 1.94 bits per heavy atom. The summed E-state index contributed by atoms with van der Waals surface area (Å²) in [6.45, 7) is 6.58. The second-order valence-electron chi connectivity index (χ2n) is 3.87. The maximum absolute atomic E-state index is 11.5. The minimum absolute atomic E-state index is 0.177. The fraction of sp³-hybridized carbons (Fsp3) is 0.462. The van der Waals surface area contributed by atoms with Gasteiger partial charge in [-0.3, -0.25) is 0 Å². The largest absolute Gasteiger partial charge is 0.494 e. The highest BCUT2D eigenvalue weighted by atomic mass is 16.5. The molecule has 0 aliphatic heterocycles. The van der Waals surface area contributed by atoms with Gasteiger partial charge in [0.2, 0.25) is 0 Å². The summed E-state index contributed by atoms with van der Waals surface area (Å²) in [5.74, 6) is 0.806. The highest BCUT2D eigenvalue weighted by Crippen LogP contribution is 2.15. The maximum Gasteiger partial charge on any atom is 0.319 e. The molecule has 0 spiro atoms. The first-order valence-electron chi connectivity index (χ1n) is 5.96. The van der Waals surface area contributed by atoms with Gasteiger partial charge in [0, 0.05) is 11.7 Å². The SMILES string of the molecule is CCOc1ccc(NC(=O)N[C@@H](C)CC)cc1. The number of rotatable bonds is 5. The van der Waals surface area contributed by atoms with Crippen molar-refractivity contribution in [2.45, 2.75) is 33.2 Å². The number of benzene rings is 1. The van der Waals surface area contributed by atoms with Crippen molar-refractivity contribution in [2.24, 2.45) is 0 Å². The molecule has 94 valence electrons. The van der Waals surface area contributed by atoms with Crippen molar-refractivity contribution in [1.29, 1.82) is 0 Å². The van der Waals surface area contributed by atoms with Crippen LogP contribution in [0.1, 0.15) is 27.2 Å². The Labute approximate surface area is 102 Å². The van der Waals surface area contributed by atoms with Gasteiger partial charge in [-0.25, -0.2) is 4.79 Å². The number of hydrogen-bond acceptors (Lipinski definition) is 2. The van der Waals surface area contributed by atoms with Crippen LogP contribution in [0.15, 0.2) is 24.3 Å². The molecule has 2 amide bonds. The predicted octanol–water partition coefficient (Wildman–Crippen LogP) is 3.01. The molecular weight excluding hydrogens is 216 g/mol. The van der Waals surface area contributed by atoms with Crippen LogP contribution in [-0.4, -0.2) is 18.7 Å². The van der Waals surface area contributed by atoms with Gasteiger partial charge in [0.15, 0.2) is 0 Å². The molecule has 0 fully saturated rings. The number of amides is 2. The van der Waals surface area contributed by atoms with Gasteiger partial charge in [-0.2, -0.15) is 0 Å². The van der Waals surface area contributed by atoms with Crippen LogP contribution in [0.3, 0.4) is 0 Å². The maximum atomic E-state index is 11.5. The van der Waals surface area contributed by atoms with Crippen LogP contribution in [0.25, 0.3) is 0 Å². The predicted molar refractivity (Wildman–Crippen MR) is 69.5 cm³/mol. The van der Waals surface area contributed by atoms with Gasteiger partial charge in [-0.05, 0) is 44.5 Å². The first kappa shape index (κ1) is 13.4. The number of anilines is 1. The minimum atomic E-state index is -0.177. The van der Waals surface area contributed by atoms with Crippen LogP contribution in [0.4, 0.5) is 10.5 Å². The van der Waals surface area contributed by atoms with Crippen LogP contribution in [0.2, 0.25) is 0 Å². The standard InChI is InChI=1S/C13H20N2O2/c1-4-10(3)14-13(16)15-11-6-8-12(9-7-11)17-5-2/h6-10H,4-5H2,1-3H3,(H2,14,15,16)/t10-/m0/s1. The molecule has 0 radical (unpaired) electrons. The molecule has 4 nitrogen and oxygen atoms in total. The Bertz CT molecular complexity index is 349. The van der Waals surface area contributed by atoms with Gasteiger partial charge in [0.1, 0.15) is 5.75 Å². The molecule has 0 bridgehead atoms. The third kappa shape index (κ3) is 4.76. The topological polar surface area (TPSA) is 50.4 Å². The summed E-state index contributed by atoms with van der Waals surface area (Å²) in [6.07, 6.45) is 0.913. The van der Waals surface area contributed by atoms with E-state index in [4.69, 9.17) is 4.74 Å². The van der Waals surface area contributed by atoms with E-state index in [1.807, 2.05) is 45.0 Å². The highest BCUT2D eigenvalue weighted by Gasteiger charge is 2.05. The summed E-state index contributed by atoms with van der Waals surface area (Å²) < 4.78 is 5.32. The molecule has 0 saturated carbocycles. The average Bonchev–Trinajstić information content (AvgIpc) is 2.31. The Kier molecular flexibility index (Phi) is 5.33. The van der Waals surface area contributed by atoms with E-state index in [9.17, 15) is 4.79 Å². The fourth-order valence-corrected chi connectivity index (χ4v) is 1.29. The molecule has 4 heteroatoms. The van der Waals surface area contributed by atoms with Gasteiger partial charge < -0.3 is 15.4 Å². The molecule has 0 unspecified atom stereocenters. The Hall–Kier alpha value is -1.71. The van der Waals surface area contributed by atoms with E-state index in [-0.39, 0.29) is 12.1 Å². The molecule has 1 aromatic carbocycles. The molecule has 1 rings (SSSR count). The summed E-state index contributed by atoms with van der Waals surface area (Å²) in [6, 6.07) is 7.31. The second-order valence-corrected chi connectivity index (χ2v) is 3.87. The zero-order valence-corrected chi connectivity index (χ0v) is 10.6. The first-order chi connectivity index (χ1) is 8.15. The molecule has 17 heavy (non-hydrogen) atoms. The molecule has 0 aliphatic carbocycles. The van der Waals surface area contributed by atoms with Crippen molar-refractivity contribution in [1.82, 2.24) is 5.32 Å². The van der Waals surface area contributed by atoms with Gasteiger partial charge in [0.25, 0.3) is 0 Å². The van der Waals surface area contributed by atoms with Gasteiger partial charge >= 0.3 is 6.03 Å². The molecule has 0 saturated heterocycles. The van der Waals surface area contributed by atoms with E-state index < -0.39 is 0 Å². The van der Waals surface area contributed by atoms with Crippen molar-refractivity contribution in [2.75, 3.05) is 11.9 Å². The lowest BCUT2D eigenvalue weighted by Crippen LogP contribution is -2.35. The monoisotopic (exact) mass is 236 g/mol. The summed E-state index contributed by atoms with van der Waals surface area (Å²) in [5, 5.41) is 5.61. The van der Waals surface area contributed by atoms with Crippen molar-refractivity contribution < 1.29 is 9.53 Å². The molecule has 0 aromatic heterocycles. The van der Waals surface area contributed by atoms with Crippen molar-refractivity contribution in [3.8, 4) is 5.75 Å². The number of carbonyl (C=O) groups excluding carboxylic acids is 1. The molecule has 0 aliphatic rings. The van der Waals surface area contributed by atoms with E-state index in [1.165, 1.54) is 0 Å². The van der Waals surface area contributed by atoms with E-state index in [0.29, 0.717) is 6.61 Å². The summed E-state index contributed by atoms with van der Waals surface area (Å²) in [4.78, 5) is 11.5. The normalized spacial score (nSPS) is 11.7. The van der Waals surface area contributed by atoms with E-state index in [0.717, 1.165) is 17.9 Å². The molecule has 1 atom stereocenters. The minimum Gasteiger partial charge on any atom is -0.494 e.